The number of aliphatic hydroxyl groups excluding tert-OH is 3. The summed E-state index contributed by atoms with van der Waals surface area (Å²) in [6, 6.07) is 0. The van der Waals surface area contributed by atoms with Crippen molar-refractivity contribution in [2.24, 2.45) is 5.92 Å². The van der Waals surface area contributed by atoms with E-state index in [0.717, 1.165) is 0 Å². The Bertz CT molecular complexity index is 267. The molecular formula is C10H18O7. The standard InChI is InChI=1S/C10H18O7/c1-4(2)3-16-10-7(13)5(11)6(12)8(17-10)9(14)15/h4-8,10-13H,3H2,1-2H3,(H,14,15)/t5-,6-,7+,8-,10+/m0/s1. The van der Waals surface area contributed by atoms with Gasteiger partial charge in [0.25, 0.3) is 0 Å². The van der Waals surface area contributed by atoms with E-state index in [1.54, 1.807) is 0 Å². The van der Waals surface area contributed by atoms with Crippen LogP contribution >= 0.6 is 0 Å². The van der Waals surface area contributed by atoms with Crippen molar-refractivity contribution in [2.75, 3.05) is 6.61 Å². The molecule has 1 heterocycles. The number of hydrogen-bond acceptors (Lipinski definition) is 6. The van der Waals surface area contributed by atoms with E-state index in [2.05, 4.69) is 0 Å². The molecule has 5 atom stereocenters. The van der Waals surface area contributed by atoms with Crippen LogP contribution in [0.3, 0.4) is 0 Å². The van der Waals surface area contributed by atoms with Crippen LogP contribution in [0, 0.1) is 5.92 Å². The fourth-order valence-corrected chi connectivity index (χ4v) is 1.48. The van der Waals surface area contributed by atoms with Gasteiger partial charge in [-0.05, 0) is 5.92 Å². The van der Waals surface area contributed by atoms with E-state index in [4.69, 9.17) is 14.6 Å². The van der Waals surface area contributed by atoms with Crippen LogP contribution in [-0.2, 0) is 14.3 Å². The first-order valence-electron chi connectivity index (χ1n) is 5.38. The quantitative estimate of drug-likeness (QED) is 0.482. The average molecular weight is 250 g/mol. The average Bonchev–Trinajstić information content (AvgIpc) is 2.24. The topological polar surface area (TPSA) is 116 Å². The van der Waals surface area contributed by atoms with E-state index in [0.29, 0.717) is 0 Å². The van der Waals surface area contributed by atoms with E-state index < -0.39 is 36.7 Å². The Hall–Kier alpha value is -0.730. The van der Waals surface area contributed by atoms with Crippen molar-refractivity contribution in [3.63, 3.8) is 0 Å². The normalized spacial score (nSPS) is 38.4. The maximum atomic E-state index is 10.8. The molecular weight excluding hydrogens is 232 g/mol. The number of carboxylic acids is 1. The molecule has 0 spiro atoms. The first kappa shape index (κ1) is 14.3. The molecule has 1 aliphatic rings. The fraction of sp³-hybridized carbons (Fsp3) is 0.900. The first-order chi connectivity index (χ1) is 7.84. The number of aliphatic hydroxyl groups is 3. The number of aliphatic carboxylic acids is 1. The van der Waals surface area contributed by atoms with Crippen LogP contribution in [0.1, 0.15) is 13.8 Å². The molecule has 1 saturated heterocycles. The van der Waals surface area contributed by atoms with Gasteiger partial charge in [-0.2, -0.15) is 0 Å². The fourth-order valence-electron chi connectivity index (χ4n) is 1.48. The molecule has 0 saturated carbocycles. The lowest BCUT2D eigenvalue weighted by atomic mass is 9.99. The molecule has 7 heteroatoms. The summed E-state index contributed by atoms with van der Waals surface area (Å²) in [6.07, 6.45) is -7.62. The highest BCUT2D eigenvalue weighted by Gasteiger charge is 2.47. The lowest BCUT2D eigenvalue weighted by Gasteiger charge is -2.38. The van der Waals surface area contributed by atoms with E-state index in [-0.39, 0.29) is 12.5 Å². The molecule has 0 radical (unpaired) electrons. The van der Waals surface area contributed by atoms with Crippen LogP contribution in [0.15, 0.2) is 0 Å². The minimum absolute atomic E-state index is 0.165. The van der Waals surface area contributed by atoms with Gasteiger partial charge in [0.1, 0.15) is 18.3 Å². The molecule has 0 bridgehead atoms. The molecule has 100 valence electrons. The predicted molar refractivity (Wildman–Crippen MR) is 55.1 cm³/mol. The van der Waals surface area contributed by atoms with E-state index in [1.807, 2.05) is 13.8 Å². The number of carboxylic acid groups (broad SMARTS) is 1. The van der Waals surface area contributed by atoms with E-state index in [1.165, 1.54) is 0 Å². The third-order valence-electron chi connectivity index (χ3n) is 2.41. The van der Waals surface area contributed by atoms with Crippen LogP contribution in [0.4, 0.5) is 0 Å². The SMILES string of the molecule is CC(C)CO[C@@H]1O[C@H](C(=O)O)[C@@H](O)[C@H](O)[C@H]1O. The van der Waals surface area contributed by atoms with Gasteiger partial charge in [0.05, 0.1) is 6.61 Å². The van der Waals surface area contributed by atoms with Crippen molar-refractivity contribution in [1.82, 2.24) is 0 Å². The zero-order chi connectivity index (χ0) is 13.2. The number of ether oxygens (including phenoxy) is 2. The summed E-state index contributed by atoms with van der Waals surface area (Å²) in [5, 5.41) is 37.2. The Morgan fingerprint density at radius 3 is 2.29 bits per heavy atom. The molecule has 0 aromatic carbocycles. The van der Waals surface area contributed by atoms with Crippen molar-refractivity contribution in [3.8, 4) is 0 Å². The lowest BCUT2D eigenvalue weighted by molar-refractivity contribution is -0.295. The molecule has 0 amide bonds. The summed E-state index contributed by atoms with van der Waals surface area (Å²) in [6.45, 7) is 3.99. The van der Waals surface area contributed by atoms with Crippen LogP contribution in [-0.4, -0.2) is 63.7 Å². The van der Waals surface area contributed by atoms with Gasteiger partial charge in [0.2, 0.25) is 0 Å². The second-order valence-electron chi connectivity index (χ2n) is 4.46. The molecule has 1 rings (SSSR count). The summed E-state index contributed by atoms with van der Waals surface area (Å²) in [5.74, 6) is -1.25. The van der Waals surface area contributed by atoms with Gasteiger partial charge in [0, 0.05) is 0 Å². The van der Waals surface area contributed by atoms with Crippen molar-refractivity contribution in [3.05, 3.63) is 0 Å². The van der Waals surface area contributed by atoms with Gasteiger partial charge < -0.3 is 29.9 Å². The van der Waals surface area contributed by atoms with Crippen molar-refractivity contribution < 1.29 is 34.7 Å². The molecule has 0 aromatic heterocycles. The first-order valence-corrected chi connectivity index (χ1v) is 5.38. The summed E-state index contributed by atoms with van der Waals surface area (Å²) >= 11 is 0. The predicted octanol–water partition coefficient (Wildman–Crippen LogP) is -1.45. The zero-order valence-electron chi connectivity index (χ0n) is 9.68. The molecule has 1 aliphatic heterocycles. The van der Waals surface area contributed by atoms with Crippen molar-refractivity contribution >= 4 is 5.97 Å². The van der Waals surface area contributed by atoms with Gasteiger partial charge in [-0.1, -0.05) is 13.8 Å². The van der Waals surface area contributed by atoms with E-state index in [9.17, 15) is 20.1 Å². The third-order valence-corrected chi connectivity index (χ3v) is 2.41. The number of carbonyl (C=O) groups is 1. The minimum Gasteiger partial charge on any atom is -0.479 e. The summed E-state index contributed by atoms with van der Waals surface area (Å²) in [7, 11) is 0. The smallest absolute Gasteiger partial charge is 0.335 e. The van der Waals surface area contributed by atoms with Gasteiger partial charge in [0.15, 0.2) is 12.4 Å². The minimum atomic E-state index is -1.68. The van der Waals surface area contributed by atoms with Crippen molar-refractivity contribution in [1.29, 1.82) is 0 Å². The molecule has 0 aromatic rings. The van der Waals surface area contributed by atoms with Gasteiger partial charge >= 0.3 is 5.97 Å². The number of hydrogen-bond donors (Lipinski definition) is 4. The Balaban J connectivity index is 2.68. The highest BCUT2D eigenvalue weighted by atomic mass is 16.7. The van der Waals surface area contributed by atoms with Gasteiger partial charge in [-0.25, -0.2) is 4.79 Å². The van der Waals surface area contributed by atoms with Gasteiger partial charge in [-0.3, -0.25) is 0 Å². The van der Waals surface area contributed by atoms with Crippen LogP contribution in [0.25, 0.3) is 0 Å². The largest absolute Gasteiger partial charge is 0.479 e. The monoisotopic (exact) mass is 250 g/mol. The van der Waals surface area contributed by atoms with E-state index >= 15 is 0 Å². The summed E-state index contributed by atoms with van der Waals surface area (Å²) in [4.78, 5) is 10.8. The maximum Gasteiger partial charge on any atom is 0.335 e. The Morgan fingerprint density at radius 2 is 1.82 bits per heavy atom. The molecule has 17 heavy (non-hydrogen) atoms. The highest BCUT2D eigenvalue weighted by Crippen LogP contribution is 2.22. The van der Waals surface area contributed by atoms with Crippen LogP contribution in [0.2, 0.25) is 0 Å². The summed E-state index contributed by atoms with van der Waals surface area (Å²) < 4.78 is 10.1. The number of rotatable bonds is 4. The zero-order valence-corrected chi connectivity index (χ0v) is 9.68. The second kappa shape index (κ2) is 5.74. The molecule has 0 unspecified atom stereocenters. The van der Waals surface area contributed by atoms with Gasteiger partial charge in [-0.15, -0.1) is 0 Å². The van der Waals surface area contributed by atoms with Crippen LogP contribution < -0.4 is 0 Å². The Morgan fingerprint density at radius 1 is 1.24 bits per heavy atom. The molecule has 0 aliphatic carbocycles. The molecule has 1 fully saturated rings. The maximum absolute atomic E-state index is 10.8. The second-order valence-corrected chi connectivity index (χ2v) is 4.46. The Labute approximate surface area is 98.6 Å². The molecule has 7 nitrogen and oxygen atoms in total. The third kappa shape index (κ3) is 3.36. The Kier molecular flexibility index (Phi) is 4.84. The summed E-state index contributed by atoms with van der Waals surface area (Å²) in [5.41, 5.74) is 0. The van der Waals surface area contributed by atoms with Crippen LogP contribution in [0.5, 0.6) is 0 Å². The lowest BCUT2D eigenvalue weighted by Crippen LogP contribution is -2.60. The molecule has 4 N–H and O–H groups in total. The highest BCUT2D eigenvalue weighted by molar-refractivity contribution is 5.73. The van der Waals surface area contributed by atoms with Crippen molar-refractivity contribution in [2.45, 2.75) is 44.6 Å².